The Balaban J connectivity index is 2.20. The summed E-state index contributed by atoms with van der Waals surface area (Å²) in [5, 5.41) is 6.59. The van der Waals surface area contributed by atoms with Gasteiger partial charge in [0.05, 0.1) is 13.7 Å². The summed E-state index contributed by atoms with van der Waals surface area (Å²) < 4.78 is 21.2. The van der Waals surface area contributed by atoms with Gasteiger partial charge >= 0.3 is 5.69 Å². The third kappa shape index (κ3) is 4.71. The first-order chi connectivity index (χ1) is 14.8. The van der Waals surface area contributed by atoms with E-state index in [9.17, 15) is 18.8 Å². The van der Waals surface area contributed by atoms with Crippen molar-refractivity contribution in [1.82, 2.24) is 19.7 Å². The number of hydrogen-bond acceptors (Lipinski definition) is 5. The van der Waals surface area contributed by atoms with Crippen molar-refractivity contribution in [2.24, 2.45) is 0 Å². The summed E-state index contributed by atoms with van der Waals surface area (Å²) in [5.41, 5.74) is -1.78. The van der Waals surface area contributed by atoms with Gasteiger partial charge in [0.15, 0.2) is 0 Å². The van der Waals surface area contributed by atoms with Crippen LogP contribution in [0, 0.1) is 5.82 Å². The number of halogens is 1. The van der Waals surface area contributed by atoms with Gasteiger partial charge in [-0.25, -0.2) is 9.18 Å². The van der Waals surface area contributed by atoms with E-state index in [2.05, 4.69) is 10.4 Å². The molecule has 8 nitrogen and oxygen atoms in total. The Labute approximate surface area is 177 Å². The molecule has 3 rings (SSSR count). The Morgan fingerprint density at radius 3 is 2.61 bits per heavy atom. The second-order valence-electron chi connectivity index (χ2n) is 7.02. The van der Waals surface area contributed by atoms with Crippen LogP contribution >= 0.6 is 0 Å². The maximum absolute atomic E-state index is 14.4. The predicted octanol–water partition coefficient (Wildman–Crippen LogP) is 2.12. The van der Waals surface area contributed by atoms with E-state index in [1.165, 1.54) is 31.4 Å². The van der Waals surface area contributed by atoms with Gasteiger partial charge in [0.25, 0.3) is 11.5 Å². The number of para-hydroxylation sites is 1. The fourth-order valence-electron chi connectivity index (χ4n) is 2.92. The lowest BCUT2D eigenvalue weighted by molar-refractivity contribution is 0.0929. The second-order valence-corrected chi connectivity index (χ2v) is 7.02. The summed E-state index contributed by atoms with van der Waals surface area (Å²) in [6.45, 7) is 3.51. The molecule has 0 radical (unpaired) electrons. The van der Waals surface area contributed by atoms with Crippen molar-refractivity contribution in [3.63, 3.8) is 0 Å². The fraction of sp³-hybridized carbons (Fsp3) is 0.273. The standard InChI is InChI=1S/C22H23FN4O4/c1-4-14(2)24-20(28)19-21(29)26(13-15-8-7-9-16(12-15)31-3)22(30)27(25-19)18-11-6-5-10-17(18)23/h5-12,14H,4,13H2,1-3H3,(H,24,28)/t14-/m1/s1. The van der Waals surface area contributed by atoms with Crippen LogP contribution in [0.1, 0.15) is 36.3 Å². The van der Waals surface area contributed by atoms with Crippen molar-refractivity contribution in [3.8, 4) is 11.4 Å². The molecule has 0 saturated heterocycles. The fourth-order valence-corrected chi connectivity index (χ4v) is 2.92. The number of ether oxygens (including phenoxy) is 1. The van der Waals surface area contributed by atoms with E-state index in [0.29, 0.717) is 17.7 Å². The van der Waals surface area contributed by atoms with Gasteiger partial charge in [0.1, 0.15) is 17.3 Å². The van der Waals surface area contributed by atoms with Crippen LogP contribution in [0.3, 0.4) is 0 Å². The van der Waals surface area contributed by atoms with Crippen molar-refractivity contribution < 1.29 is 13.9 Å². The van der Waals surface area contributed by atoms with Crippen LogP contribution in [0.4, 0.5) is 4.39 Å². The molecule has 31 heavy (non-hydrogen) atoms. The number of nitrogens with zero attached hydrogens (tertiary/aromatic N) is 3. The summed E-state index contributed by atoms with van der Waals surface area (Å²) in [4.78, 5) is 38.8. The zero-order valence-corrected chi connectivity index (χ0v) is 17.5. The summed E-state index contributed by atoms with van der Waals surface area (Å²) >= 11 is 0. The van der Waals surface area contributed by atoms with Crippen LogP contribution in [-0.2, 0) is 6.54 Å². The van der Waals surface area contributed by atoms with Gasteiger partial charge in [-0.1, -0.05) is 31.2 Å². The first-order valence-corrected chi connectivity index (χ1v) is 9.78. The lowest BCUT2D eigenvalue weighted by Crippen LogP contribution is -2.47. The Bertz CT molecular complexity index is 1220. The molecule has 9 heteroatoms. The second kappa shape index (κ2) is 9.38. The summed E-state index contributed by atoms with van der Waals surface area (Å²) in [6, 6.07) is 12.1. The van der Waals surface area contributed by atoms with Crippen molar-refractivity contribution in [1.29, 1.82) is 0 Å². The highest BCUT2D eigenvalue weighted by Gasteiger charge is 2.22. The van der Waals surface area contributed by atoms with E-state index in [4.69, 9.17) is 4.74 Å². The maximum Gasteiger partial charge on any atom is 0.352 e. The molecule has 3 aromatic rings. The Morgan fingerprint density at radius 1 is 1.19 bits per heavy atom. The average Bonchev–Trinajstić information content (AvgIpc) is 2.77. The van der Waals surface area contributed by atoms with Gasteiger partial charge in [-0.05, 0) is 43.2 Å². The molecule has 0 aliphatic heterocycles. The number of nitrogens with one attached hydrogen (secondary N) is 1. The normalized spacial score (nSPS) is 11.7. The van der Waals surface area contributed by atoms with E-state index in [1.54, 1.807) is 31.2 Å². The zero-order chi connectivity index (χ0) is 22.5. The van der Waals surface area contributed by atoms with Crippen molar-refractivity contribution >= 4 is 5.91 Å². The lowest BCUT2D eigenvalue weighted by atomic mass is 10.2. The smallest absolute Gasteiger partial charge is 0.352 e. The van der Waals surface area contributed by atoms with Gasteiger partial charge in [-0.15, -0.1) is 0 Å². The Morgan fingerprint density at radius 2 is 1.94 bits per heavy atom. The van der Waals surface area contributed by atoms with Crippen LogP contribution in [0.15, 0.2) is 58.1 Å². The highest BCUT2D eigenvalue weighted by atomic mass is 19.1. The van der Waals surface area contributed by atoms with Crippen LogP contribution in [0.5, 0.6) is 5.75 Å². The number of aromatic nitrogens is 3. The number of hydrogen-bond donors (Lipinski definition) is 1. The van der Waals surface area contributed by atoms with Crippen LogP contribution in [-0.4, -0.2) is 33.4 Å². The van der Waals surface area contributed by atoms with Gasteiger partial charge in [-0.2, -0.15) is 9.78 Å². The monoisotopic (exact) mass is 426 g/mol. The van der Waals surface area contributed by atoms with Crippen molar-refractivity contribution in [3.05, 3.63) is 86.4 Å². The first kappa shape index (κ1) is 21.9. The molecule has 0 aliphatic rings. The number of carbonyl (C=O) groups excluding carboxylic acids is 1. The van der Waals surface area contributed by atoms with Gasteiger partial charge < -0.3 is 10.1 Å². The molecule has 1 amide bonds. The van der Waals surface area contributed by atoms with Gasteiger partial charge in [0.2, 0.25) is 5.69 Å². The van der Waals surface area contributed by atoms with E-state index in [0.717, 1.165) is 9.25 Å². The summed E-state index contributed by atoms with van der Waals surface area (Å²) in [5.74, 6) is -0.899. The average molecular weight is 426 g/mol. The molecule has 0 aliphatic carbocycles. The number of methoxy groups -OCH3 is 1. The number of rotatable bonds is 7. The topological polar surface area (TPSA) is 95.2 Å². The maximum atomic E-state index is 14.4. The first-order valence-electron chi connectivity index (χ1n) is 9.78. The van der Waals surface area contributed by atoms with E-state index in [1.807, 2.05) is 6.92 Å². The third-order valence-electron chi connectivity index (χ3n) is 4.82. The minimum atomic E-state index is -0.863. The lowest BCUT2D eigenvalue weighted by Gasteiger charge is -2.14. The molecule has 2 aromatic carbocycles. The molecule has 0 unspecified atom stereocenters. The molecule has 0 saturated carbocycles. The molecule has 0 spiro atoms. The third-order valence-corrected chi connectivity index (χ3v) is 4.82. The van der Waals surface area contributed by atoms with Gasteiger partial charge in [0, 0.05) is 6.04 Å². The Hall–Kier alpha value is -3.75. The van der Waals surface area contributed by atoms with E-state index in [-0.39, 0.29) is 18.3 Å². The minimum Gasteiger partial charge on any atom is -0.497 e. The van der Waals surface area contributed by atoms with E-state index >= 15 is 0 Å². The molecule has 0 fully saturated rings. The quantitative estimate of drug-likeness (QED) is 0.625. The molecule has 162 valence electrons. The highest BCUT2D eigenvalue weighted by Crippen LogP contribution is 2.13. The molecule has 1 aromatic heterocycles. The number of carbonyl (C=O) groups is 1. The molecule has 1 atom stereocenters. The molecule has 0 bridgehead atoms. The summed E-state index contributed by atoms with van der Waals surface area (Å²) in [7, 11) is 1.50. The molecule has 1 heterocycles. The highest BCUT2D eigenvalue weighted by molar-refractivity contribution is 5.91. The number of benzene rings is 2. The minimum absolute atomic E-state index is 0.143. The van der Waals surface area contributed by atoms with Crippen molar-refractivity contribution in [2.75, 3.05) is 7.11 Å². The van der Waals surface area contributed by atoms with E-state index < -0.39 is 28.7 Å². The number of amides is 1. The van der Waals surface area contributed by atoms with Crippen molar-refractivity contribution in [2.45, 2.75) is 32.9 Å². The predicted molar refractivity (Wildman–Crippen MR) is 113 cm³/mol. The molecular formula is C22H23FN4O4. The Kier molecular flexibility index (Phi) is 6.64. The van der Waals surface area contributed by atoms with Crippen LogP contribution < -0.4 is 21.3 Å². The van der Waals surface area contributed by atoms with Crippen LogP contribution in [0.25, 0.3) is 5.69 Å². The molecular weight excluding hydrogens is 403 g/mol. The SMILES string of the molecule is CC[C@@H](C)NC(=O)c1nn(-c2ccccc2F)c(=O)n(Cc2cccc(OC)c2)c1=O. The largest absolute Gasteiger partial charge is 0.497 e. The molecule has 1 N–H and O–H groups in total. The summed E-state index contributed by atoms with van der Waals surface area (Å²) in [6.07, 6.45) is 0.636. The van der Waals surface area contributed by atoms with Crippen LogP contribution in [0.2, 0.25) is 0 Å². The van der Waals surface area contributed by atoms with Gasteiger partial charge in [-0.3, -0.25) is 14.2 Å². The zero-order valence-electron chi connectivity index (χ0n) is 17.5.